The van der Waals surface area contributed by atoms with Crippen molar-refractivity contribution in [2.45, 2.75) is 0 Å². The summed E-state index contributed by atoms with van der Waals surface area (Å²) in [7, 11) is 0. The van der Waals surface area contributed by atoms with Crippen LogP contribution in [0.4, 0.5) is 17.1 Å². The largest absolute Gasteiger partial charge is 0.310 e. The molecule has 0 aliphatic heterocycles. The first-order valence-electron chi connectivity index (χ1n) is 15.8. The standard InChI is InChI=1S/C43H26N2S2/c1-2-9-27(10-3-1)28-19-23-31(24-20-28)45(36-16-8-18-38-40(36)33-13-4-5-17-37(33)46-38)32-25-21-30(22-26-32)43-44-41-34-14-6-11-29-12-7-15-35(39(29)34)42(41)47-43/h1-26H. The molecule has 2 nitrogen and oxygen atoms in total. The fraction of sp³-hybridized carbons (Fsp3) is 0. The first-order chi connectivity index (χ1) is 23.3. The fourth-order valence-electron chi connectivity index (χ4n) is 7.09. The van der Waals surface area contributed by atoms with Gasteiger partial charge in [-0.05, 0) is 76.5 Å². The van der Waals surface area contributed by atoms with Crippen molar-refractivity contribution in [1.82, 2.24) is 4.98 Å². The summed E-state index contributed by atoms with van der Waals surface area (Å²) in [4.78, 5) is 8.88. The van der Waals surface area contributed by atoms with Crippen LogP contribution < -0.4 is 4.90 Å². The SMILES string of the molecule is c1ccc(-c2ccc(N(c3ccc(-c4nc5c(s4)-c4cccc6cccc-5c46)cc3)c3cccc4sc5ccccc5c34)cc2)cc1. The highest BCUT2D eigenvalue weighted by Crippen LogP contribution is 2.51. The van der Waals surface area contributed by atoms with Gasteiger partial charge in [0, 0.05) is 48.2 Å². The Morgan fingerprint density at radius 3 is 1.87 bits per heavy atom. The molecule has 9 aromatic rings. The van der Waals surface area contributed by atoms with Crippen molar-refractivity contribution in [1.29, 1.82) is 0 Å². The molecule has 220 valence electrons. The van der Waals surface area contributed by atoms with Crippen molar-refractivity contribution in [2.24, 2.45) is 0 Å². The lowest BCUT2D eigenvalue weighted by molar-refractivity contribution is 1.30. The van der Waals surface area contributed by atoms with Crippen LogP contribution in [0.15, 0.2) is 158 Å². The van der Waals surface area contributed by atoms with Crippen LogP contribution >= 0.6 is 22.7 Å². The van der Waals surface area contributed by atoms with E-state index in [0.717, 1.165) is 27.6 Å². The first-order valence-corrected chi connectivity index (χ1v) is 17.4. The Bertz CT molecular complexity index is 2560. The van der Waals surface area contributed by atoms with Gasteiger partial charge in [-0.1, -0.05) is 103 Å². The molecule has 1 aliphatic rings. The van der Waals surface area contributed by atoms with Crippen LogP contribution in [0.2, 0.25) is 0 Å². The summed E-state index contributed by atoms with van der Waals surface area (Å²) in [6, 6.07) is 57.0. The van der Waals surface area contributed by atoms with E-state index in [9.17, 15) is 0 Å². The van der Waals surface area contributed by atoms with Crippen molar-refractivity contribution in [3.63, 3.8) is 0 Å². The quantitative estimate of drug-likeness (QED) is 0.187. The number of thiazole rings is 1. The molecule has 0 spiro atoms. The lowest BCUT2D eigenvalue weighted by Crippen LogP contribution is -2.10. The Morgan fingerprint density at radius 2 is 1.09 bits per heavy atom. The monoisotopic (exact) mass is 634 g/mol. The zero-order valence-corrected chi connectivity index (χ0v) is 26.9. The molecule has 47 heavy (non-hydrogen) atoms. The highest BCUT2D eigenvalue weighted by molar-refractivity contribution is 7.26. The van der Waals surface area contributed by atoms with Gasteiger partial charge in [0.05, 0.1) is 16.3 Å². The van der Waals surface area contributed by atoms with Gasteiger partial charge in [0.2, 0.25) is 0 Å². The molecule has 0 N–H and O–H groups in total. The van der Waals surface area contributed by atoms with E-state index in [1.807, 2.05) is 11.3 Å². The van der Waals surface area contributed by atoms with Gasteiger partial charge in [0.1, 0.15) is 5.01 Å². The first kappa shape index (κ1) is 26.6. The number of benzene rings is 7. The molecule has 7 aromatic carbocycles. The van der Waals surface area contributed by atoms with Crippen LogP contribution in [0.25, 0.3) is 74.3 Å². The second-order valence-corrected chi connectivity index (χ2v) is 14.0. The van der Waals surface area contributed by atoms with Gasteiger partial charge in [-0.3, -0.25) is 0 Å². The molecular weight excluding hydrogens is 609 g/mol. The average Bonchev–Trinajstić information content (AvgIpc) is 3.83. The number of aromatic nitrogens is 1. The maximum atomic E-state index is 5.20. The highest BCUT2D eigenvalue weighted by atomic mass is 32.1. The van der Waals surface area contributed by atoms with Crippen molar-refractivity contribution in [3.05, 3.63) is 158 Å². The van der Waals surface area contributed by atoms with E-state index in [0.29, 0.717) is 0 Å². The topological polar surface area (TPSA) is 16.1 Å². The number of hydrogen-bond acceptors (Lipinski definition) is 4. The van der Waals surface area contributed by atoms with E-state index in [-0.39, 0.29) is 0 Å². The van der Waals surface area contributed by atoms with Crippen LogP contribution in [0.1, 0.15) is 0 Å². The van der Waals surface area contributed by atoms with E-state index in [4.69, 9.17) is 4.98 Å². The molecule has 0 fully saturated rings. The van der Waals surface area contributed by atoms with Gasteiger partial charge in [-0.2, -0.15) is 0 Å². The van der Waals surface area contributed by atoms with Gasteiger partial charge in [-0.25, -0.2) is 4.98 Å². The van der Waals surface area contributed by atoms with Gasteiger partial charge in [-0.15, -0.1) is 22.7 Å². The second kappa shape index (κ2) is 10.5. The predicted octanol–water partition coefficient (Wildman–Crippen LogP) is 13.1. The second-order valence-electron chi connectivity index (χ2n) is 11.9. The molecular formula is C43H26N2S2. The summed E-state index contributed by atoms with van der Waals surface area (Å²) in [5.74, 6) is 0. The van der Waals surface area contributed by atoms with Gasteiger partial charge >= 0.3 is 0 Å². The predicted molar refractivity (Wildman–Crippen MR) is 202 cm³/mol. The molecule has 2 heterocycles. The molecule has 0 radical (unpaired) electrons. The van der Waals surface area contributed by atoms with Gasteiger partial charge in [0.25, 0.3) is 0 Å². The van der Waals surface area contributed by atoms with Crippen LogP contribution in [0.5, 0.6) is 0 Å². The molecule has 0 amide bonds. The van der Waals surface area contributed by atoms with E-state index in [2.05, 4.69) is 163 Å². The fourth-order valence-corrected chi connectivity index (χ4v) is 9.34. The highest BCUT2D eigenvalue weighted by Gasteiger charge is 2.26. The maximum absolute atomic E-state index is 5.20. The lowest BCUT2D eigenvalue weighted by Gasteiger charge is -2.27. The zero-order chi connectivity index (χ0) is 30.9. The van der Waals surface area contributed by atoms with Crippen LogP contribution in [0.3, 0.4) is 0 Å². The number of thiophene rings is 1. The summed E-state index contributed by atoms with van der Waals surface area (Å²) in [6.07, 6.45) is 0. The normalized spacial score (nSPS) is 11.8. The summed E-state index contributed by atoms with van der Waals surface area (Å²) in [6.45, 7) is 0. The third-order valence-corrected chi connectivity index (χ3v) is 11.5. The number of anilines is 3. The van der Waals surface area contributed by atoms with Crippen molar-refractivity contribution >= 4 is 70.7 Å². The Morgan fingerprint density at radius 1 is 0.447 bits per heavy atom. The van der Waals surface area contributed by atoms with E-state index < -0.39 is 0 Å². The number of fused-ring (bicyclic) bond motifs is 6. The summed E-state index contributed by atoms with van der Waals surface area (Å²) in [5.41, 5.74) is 10.6. The minimum Gasteiger partial charge on any atom is -0.310 e. The Labute approximate surface area is 280 Å². The zero-order valence-electron chi connectivity index (χ0n) is 25.2. The van der Waals surface area contributed by atoms with Crippen LogP contribution in [-0.4, -0.2) is 4.98 Å². The molecule has 10 rings (SSSR count). The molecule has 2 aromatic heterocycles. The van der Waals surface area contributed by atoms with E-state index >= 15 is 0 Å². The molecule has 0 saturated heterocycles. The van der Waals surface area contributed by atoms with Crippen molar-refractivity contribution < 1.29 is 0 Å². The van der Waals surface area contributed by atoms with Gasteiger partial charge in [0.15, 0.2) is 0 Å². The van der Waals surface area contributed by atoms with E-state index in [1.165, 1.54) is 63.8 Å². The van der Waals surface area contributed by atoms with Gasteiger partial charge < -0.3 is 4.90 Å². The van der Waals surface area contributed by atoms with Crippen LogP contribution in [0, 0.1) is 0 Å². The van der Waals surface area contributed by atoms with Crippen LogP contribution in [-0.2, 0) is 0 Å². The Hall–Kier alpha value is -5.55. The molecule has 0 atom stereocenters. The summed E-state index contributed by atoms with van der Waals surface area (Å²) < 4.78 is 2.59. The minimum atomic E-state index is 1.05. The smallest absolute Gasteiger partial charge is 0.124 e. The number of nitrogens with zero attached hydrogens (tertiary/aromatic N) is 2. The molecule has 0 bridgehead atoms. The summed E-state index contributed by atoms with van der Waals surface area (Å²) >= 11 is 3.65. The average molecular weight is 635 g/mol. The van der Waals surface area contributed by atoms with Crippen molar-refractivity contribution in [3.8, 4) is 43.4 Å². The lowest BCUT2D eigenvalue weighted by atomic mass is 10.0. The number of rotatable bonds is 5. The summed E-state index contributed by atoms with van der Waals surface area (Å²) in [5, 5.41) is 6.24. The Kier molecular flexibility index (Phi) is 5.95. The minimum absolute atomic E-state index is 1.05. The third-order valence-electron chi connectivity index (χ3n) is 9.26. The van der Waals surface area contributed by atoms with E-state index in [1.54, 1.807) is 11.3 Å². The Balaban J connectivity index is 1.09. The number of hydrogen-bond donors (Lipinski definition) is 0. The van der Waals surface area contributed by atoms with Crippen molar-refractivity contribution in [2.75, 3.05) is 4.90 Å². The maximum Gasteiger partial charge on any atom is 0.124 e. The molecule has 0 saturated carbocycles. The molecule has 0 unspecified atom stereocenters. The third kappa shape index (κ3) is 4.19. The molecule has 4 heteroatoms. The molecule has 1 aliphatic carbocycles.